The highest BCUT2D eigenvalue weighted by Crippen LogP contribution is 2.13. The van der Waals surface area contributed by atoms with Gasteiger partial charge in [-0.15, -0.1) is 0 Å². The molecule has 0 aromatic carbocycles. The first-order valence-electron chi connectivity index (χ1n) is 3.90. The summed E-state index contributed by atoms with van der Waals surface area (Å²) in [6.07, 6.45) is 0. The zero-order valence-corrected chi connectivity index (χ0v) is 7.97. The van der Waals surface area contributed by atoms with Crippen molar-refractivity contribution < 1.29 is 4.63 Å². The van der Waals surface area contributed by atoms with Crippen molar-refractivity contribution in [1.82, 2.24) is 10.3 Å². The van der Waals surface area contributed by atoms with Crippen molar-refractivity contribution in [3.63, 3.8) is 0 Å². The SMILES string of the molecule is Cc1nonc1CNc1ccsc1. The van der Waals surface area contributed by atoms with Crippen molar-refractivity contribution in [2.24, 2.45) is 0 Å². The minimum Gasteiger partial charge on any atom is -0.379 e. The maximum Gasteiger partial charge on any atom is 0.127 e. The van der Waals surface area contributed by atoms with Crippen LogP contribution < -0.4 is 5.32 Å². The highest BCUT2D eigenvalue weighted by Gasteiger charge is 2.03. The Balaban J connectivity index is 1.97. The number of nitrogens with one attached hydrogen (secondary N) is 1. The van der Waals surface area contributed by atoms with Gasteiger partial charge >= 0.3 is 0 Å². The van der Waals surface area contributed by atoms with E-state index in [0.29, 0.717) is 6.54 Å². The molecule has 2 aromatic rings. The summed E-state index contributed by atoms with van der Waals surface area (Å²) in [6.45, 7) is 2.53. The Morgan fingerprint density at radius 1 is 1.54 bits per heavy atom. The van der Waals surface area contributed by atoms with Gasteiger partial charge in [0.15, 0.2) is 0 Å². The maximum atomic E-state index is 4.58. The fraction of sp³-hybridized carbons (Fsp3) is 0.250. The van der Waals surface area contributed by atoms with E-state index in [1.54, 1.807) is 11.3 Å². The quantitative estimate of drug-likeness (QED) is 0.814. The lowest BCUT2D eigenvalue weighted by Crippen LogP contribution is -1.99. The molecule has 4 nitrogen and oxygen atoms in total. The normalized spacial score (nSPS) is 10.2. The lowest BCUT2D eigenvalue weighted by atomic mass is 10.3. The molecule has 5 heteroatoms. The van der Waals surface area contributed by atoms with Crippen LogP contribution >= 0.6 is 11.3 Å². The van der Waals surface area contributed by atoms with Crippen molar-refractivity contribution in [3.8, 4) is 0 Å². The lowest BCUT2D eigenvalue weighted by Gasteiger charge is -1.99. The van der Waals surface area contributed by atoms with Gasteiger partial charge in [0.1, 0.15) is 11.4 Å². The molecule has 0 aliphatic rings. The Bertz CT molecular complexity index is 368. The number of rotatable bonds is 3. The second-order valence-electron chi connectivity index (χ2n) is 2.66. The van der Waals surface area contributed by atoms with E-state index in [1.807, 2.05) is 23.8 Å². The second-order valence-corrected chi connectivity index (χ2v) is 3.44. The number of hydrogen-bond acceptors (Lipinski definition) is 5. The Morgan fingerprint density at radius 3 is 3.08 bits per heavy atom. The van der Waals surface area contributed by atoms with Crippen molar-refractivity contribution in [2.75, 3.05) is 5.32 Å². The molecule has 0 radical (unpaired) electrons. The molecule has 0 saturated carbocycles. The molecule has 13 heavy (non-hydrogen) atoms. The molecule has 0 saturated heterocycles. The zero-order valence-electron chi connectivity index (χ0n) is 7.15. The largest absolute Gasteiger partial charge is 0.379 e. The third kappa shape index (κ3) is 1.86. The molecule has 2 aromatic heterocycles. The molecular weight excluding hydrogens is 186 g/mol. The van der Waals surface area contributed by atoms with Crippen LogP contribution in [0.25, 0.3) is 0 Å². The molecule has 0 unspecified atom stereocenters. The first-order chi connectivity index (χ1) is 6.36. The Morgan fingerprint density at radius 2 is 2.46 bits per heavy atom. The minimum absolute atomic E-state index is 0.659. The highest BCUT2D eigenvalue weighted by atomic mass is 32.1. The smallest absolute Gasteiger partial charge is 0.127 e. The van der Waals surface area contributed by atoms with E-state index in [-0.39, 0.29) is 0 Å². The van der Waals surface area contributed by atoms with Gasteiger partial charge in [-0.25, -0.2) is 4.63 Å². The Kier molecular flexibility index (Phi) is 2.27. The number of thiophene rings is 1. The van der Waals surface area contributed by atoms with Gasteiger partial charge < -0.3 is 5.32 Å². The summed E-state index contributed by atoms with van der Waals surface area (Å²) in [5.74, 6) is 0. The summed E-state index contributed by atoms with van der Waals surface area (Å²) in [4.78, 5) is 0. The molecule has 68 valence electrons. The summed E-state index contributed by atoms with van der Waals surface area (Å²) in [5, 5.41) is 14.7. The maximum absolute atomic E-state index is 4.58. The van der Waals surface area contributed by atoms with E-state index in [0.717, 1.165) is 17.1 Å². The number of aryl methyl sites for hydroxylation is 1. The van der Waals surface area contributed by atoms with Gasteiger partial charge in [0.05, 0.1) is 6.54 Å². The molecule has 2 rings (SSSR count). The van der Waals surface area contributed by atoms with Gasteiger partial charge in [0.2, 0.25) is 0 Å². The number of nitrogens with zero attached hydrogens (tertiary/aromatic N) is 2. The van der Waals surface area contributed by atoms with Gasteiger partial charge in [0, 0.05) is 11.1 Å². The number of anilines is 1. The van der Waals surface area contributed by atoms with E-state index in [2.05, 4.69) is 20.3 Å². The van der Waals surface area contributed by atoms with Gasteiger partial charge in [-0.05, 0) is 18.4 Å². The minimum atomic E-state index is 0.659. The van der Waals surface area contributed by atoms with E-state index in [4.69, 9.17) is 0 Å². The van der Waals surface area contributed by atoms with Crippen LogP contribution in [0.4, 0.5) is 5.69 Å². The van der Waals surface area contributed by atoms with E-state index in [9.17, 15) is 0 Å². The van der Waals surface area contributed by atoms with E-state index in [1.165, 1.54) is 0 Å². The molecule has 0 amide bonds. The molecule has 0 fully saturated rings. The molecule has 0 atom stereocenters. The van der Waals surface area contributed by atoms with Gasteiger partial charge in [0.25, 0.3) is 0 Å². The summed E-state index contributed by atoms with van der Waals surface area (Å²) >= 11 is 1.66. The zero-order chi connectivity index (χ0) is 9.10. The van der Waals surface area contributed by atoms with Gasteiger partial charge in [-0.3, -0.25) is 0 Å². The van der Waals surface area contributed by atoms with E-state index >= 15 is 0 Å². The number of hydrogen-bond donors (Lipinski definition) is 1. The van der Waals surface area contributed by atoms with Crippen LogP contribution in [0.1, 0.15) is 11.4 Å². The topological polar surface area (TPSA) is 51.0 Å². The van der Waals surface area contributed by atoms with Crippen molar-refractivity contribution in [3.05, 3.63) is 28.2 Å². The molecule has 1 N–H and O–H groups in total. The molecule has 0 aliphatic heterocycles. The van der Waals surface area contributed by atoms with Gasteiger partial charge in [-0.2, -0.15) is 11.3 Å². The van der Waals surface area contributed by atoms with Crippen molar-refractivity contribution >= 4 is 17.0 Å². The number of aromatic nitrogens is 2. The lowest BCUT2D eigenvalue weighted by molar-refractivity contribution is 0.301. The van der Waals surface area contributed by atoms with Crippen molar-refractivity contribution in [1.29, 1.82) is 0 Å². The fourth-order valence-corrected chi connectivity index (χ4v) is 1.57. The van der Waals surface area contributed by atoms with E-state index < -0.39 is 0 Å². The summed E-state index contributed by atoms with van der Waals surface area (Å²) in [7, 11) is 0. The standard InChI is InChI=1S/C8H9N3OS/c1-6-8(11-12-10-6)4-9-7-2-3-13-5-7/h2-3,5,9H,4H2,1H3. The third-order valence-electron chi connectivity index (χ3n) is 1.73. The molecule has 0 aliphatic carbocycles. The summed E-state index contributed by atoms with van der Waals surface area (Å²) in [5.41, 5.74) is 2.79. The van der Waals surface area contributed by atoms with Crippen LogP contribution in [0.5, 0.6) is 0 Å². The summed E-state index contributed by atoms with van der Waals surface area (Å²) < 4.78 is 4.58. The molecule has 0 bridgehead atoms. The monoisotopic (exact) mass is 195 g/mol. The fourth-order valence-electron chi connectivity index (χ4n) is 0.961. The average Bonchev–Trinajstić information content (AvgIpc) is 2.72. The predicted octanol–water partition coefficient (Wildman–Crippen LogP) is 2.05. The predicted molar refractivity (Wildman–Crippen MR) is 50.7 cm³/mol. The van der Waals surface area contributed by atoms with Crippen LogP contribution in [0.3, 0.4) is 0 Å². The molecule has 0 spiro atoms. The first-order valence-corrected chi connectivity index (χ1v) is 4.84. The van der Waals surface area contributed by atoms with Crippen LogP contribution in [0.2, 0.25) is 0 Å². The molecule has 2 heterocycles. The van der Waals surface area contributed by atoms with Crippen LogP contribution in [0.15, 0.2) is 21.5 Å². The van der Waals surface area contributed by atoms with Crippen LogP contribution in [-0.4, -0.2) is 10.3 Å². The highest BCUT2D eigenvalue weighted by molar-refractivity contribution is 7.08. The first kappa shape index (κ1) is 8.25. The summed E-state index contributed by atoms with van der Waals surface area (Å²) in [6, 6.07) is 2.02. The van der Waals surface area contributed by atoms with Crippen LogP contribution in [-0.2, 0) is 6.54 Å². The Labute approximate surface area is 79.5 Å². The van der Waals surface area contributed by atoms with Crippen molar-refractivity contribution in [2.45, 2.75) is 13.5 Å². The van der Waals surface area contributed by atoms with Gasteiger partial charge in [-0.1, -0.05) is 10.3 Å². The molecular formula is C8H9N3OS. The van der Waals surface area contributed by atoms with Crippen LogP contribution in [0, 0.1) is 6.92 Å². The Hall–Kier alpha value is -1.36. The average molecular weight is 195 g/mol. The second kappa shape index (κ2) is 3.57. The third-order valence-corrected chi connectivity index (χ3v) is 2.41.